The van der Waals surface area contributed by atoms with Crippen LogP contribution in [0.15, 0.2) is 48.5 Å². The number of amides is 3. The van der Waals surface area contributed by atoms with Crippen LogP contribution in [-0.4, -0.2) is 48.0 Å². The normalized spacial score (nSPS) is 16.7. The number of anilines is 1. The Kier molecular flexibility index (Phi) is 9.14. The first kappa shape index (κ1) is 29.8. The smallest absolute Gasteiger partial charge is 0.444 e. The number of aryl methyl sites for hydroxylation is 1. The van der Waals surface area contributed by atoms with Crippen molar-refractivity contribution in [1.82, 2.24) is 10.6 Å². The SMILES string of the molecule is CC(C)N1C(=O)[C@@H](NC(=O)[C@@H](Cc2ccccc2OC(F)(F)F)NC(=O)OC(C)(C)C)CCc2ccccc21. The molecule has 0 unspecified atom stereocenters. The van der Waals surface area contributed by atoms with Crippen LogP contribution in [0.3, 0.4) is 0 Å². The largest absolute Gasteiger partial charge is 0.573 e. The fraction of sp³-hybridized carbons (Fsp3) is 0.464. The number of halogens is 3. The Morgan fingerprint density at radius 3 is 2.33 bits per heavy atom. The Morgan fingerprint density at radius 2 is 1.69 bits per heavy atom. The molecule has 2 N–H and O–H groups in total. The van der Waals surface area contributed by atoms with Crippen LogP contribution in [0.4, 0.5) is 23.7 Å². The highest BCUT2D eigenvalue weighted by molar-refractivity contribution is 6.01. The molecule has 2 aromatic carbocycles. The zero-order valence-corrected chi connectivity index (χ0v) is 22.6. The van der Waals surface area contributed by atoms with Crippen LogP contribution >= 0.6 is 0 Å². The maximum absolute atomic E-state index is 13.5. The second-order valence-corrected chi connectivity index (χ2v) is 10.6. The van der Waals surface area contributed by atoms with Crippen molar-refractivity contribution in [2.75, 3.05) is 4.90 Å². The van der Waals surface area contributed by atoms with Crippen LogP contribution in [0, 0.1) is 0 Å². The van der Waals surface area contributed by atoms with Gasteiger partial charge < -0.3 is 25.0 Å². The Labute approximate surface area is 225 Å². The van der Waals surface area contributed by atoms with Crippen molar-refractivity contribution >= 4 is 23.6 Å². The van der Waals surface area contributed by atoms with Crippen molar-refractivity contribution in [2.24, 2.45) is 0 Å². The Bertz CT molecular complexity index is 1190. The molecule has 8 nitrogen and oxygen atoms in total. The van der Waals surface area contributed by atoms with Crippen molar-refractivity contribution in [1.29, 1.82) is 0 Å². The third-order valence-corrected chi connectivity index (χ3v) is 5.95. The minimum atomic E-state index is -4.95. The second-order valence-electron chi connectivity index (χ2n) is 10.6. The van der Waals surface area contributed by atoms with Crippen molar-refractivity contribution in [2.45, 2.75) is 84.0 Å². The average molecular weight is 550 g/mol. The van der Waals surface area contributed by atoms with Gasteiger partial charge in [-0.3, -0.25) is 9.59 Å². The maximum Gasteiger partial charge on any atom is 0.573 e. The maximum atomic E-state index is 13.5. The first-order chi connectivity index (χ1) is 18.1. The summed E-state index contributed by atoms with van der Waals surface area (Å²) in [7, 11) is 0. The van der Waals surface area contributed by atoms with Gasteiger partial charge in [-0.25, -0.2) is 4.79 Å². The van der Waals surface area contributed by atoms with Gasteiger partial charge in [0.15, 0.2) is 0 Å². The lowest BCUT2D eigenvalue weighted by Gasteiger charge is -2.30. The number of para-hydroxylation sites is 2. The summed E-state index contributed by atoms with van der Waals surface area (Å²) < 4.78 is 48.3. The zero-order chi connectivity index (χ0) is 29.0. The molecule has 1 heterocycles. The van der Waals surface area contributed by atoms with E-state index in [0.717, 1.165) is 17.3 Å². The fourth-order valence-corrected chi connectivity index (χ4v) is 4.38. The van der Waals surface area contributed by atoms with Crippen LogP contribution in [0.2, 0.25) is 0 Å². The van der Waals surface area contributed by atoms with Crippen LogP contribution in [0.25, 0.3) is 0 Å². The molecular weight excluding hydrogens is 515 g/mol. The number of rotatable bonds is 7. The van der Waals surface area contributed by atoms with Crippen LogP contribution in [-0.2, 0) is 27.2 Å². The van der Waals surface area contributed by atoms with E-state index in [1.54, 1.807) is 25.7 Å². The third-order valence-electron chi connectivity index (χ3n) is 5.95. The van der Waals surface area contributed by atoms with E-state index >= 15 is 0 Å². The lowest BCUT2D eigenvalue weighted by Crippen LogP contribution is -2.56. The summed E-state index contributed by atoms with van der Waals surface area (Å²) >= 11 is 0. The molecule has 0 spiro atoms. The summed E-state index contributed by atoms with van der Waals surface area (Å²) in [6.45, 7) is 8.64. The molecule has 39 heavy (non-hydrogen) atoms. The monoisotopic (exact) mass is 549 g/mol. The second kappa shape index (κ2) is 12.0. The van der Waals surface area contributed by atoms with E-state index in [0.29, 0.717) is 12.8 Å². The van der Waals surface area contributed by atoms with Crippen molar-refractivity contribution in [3.8, 4) is 5.75 Å². The van der Waals surface area contributed by atoms with Crippen molar-refractivity contribution < 1.29 is 37.0 Å². The number of ether oxygens (including phenoxy) is 2. The van der Waals surface area contributed by atoms with Crippen LogP contribution in [0.5, 0.6) is 5.75 Å². The van der Waals surface area contributed by atoms with E-state index in [-0.39, 0.29) is 23.9 Å². The minimum absolute atomic E-state index is 0.0365. The van der Waals surface area contributed by atoms with Gasteiger partial charge in [-0.15, -0.1) is 13.2 Å². The molecule has 0 aromatic heterocycles. The summed E-state index contributed by atoms with van der Waals surface area (Å²) in [5, 5.41) is 5.17. The summed E-state index contributed by atoms with van der Waals surface area (Å²) in [6.07, 6.45) is -5.40. The van der Waals surface area contributed by atoms with E-state index in [9.17, 15) is 27.6 Å². The fourth-order valence-electron chi connectivity index (χ4n) is 4.38. The first-order valence-corrected chi connectivity index (χ1v) is 12.7. The molecule has 2 atom stereocenters. The van der Waals surface area contributed by atoms with Gasteiger partial charge in [0.25, 0.3) is 0 Å². The zero-order valence-electron chi connectivity index (χ0n) is 22.6. The predicted octanol–water partition coefficient (Wildman–Crippen LogP) is 4.89. The van der Waals surface area contributed by atoms with Gasteiger partial charge in [0.1, 0.15) is 23.4 Å². The highest BCUT2D eigenvalue weighted by Crippen LogP contribution is 2.30. The molecule has 3 amide bonds. The van der Waals surface area contributed by atoms with Gasteiger partial charge in [-0.1, -0.05) is 36.4 Å². The highest BCUT2D eigenvalue weighted by atomic mass is 19.4. The number of nitrogens with zero attached hydrogens (tertiary/aromatic N) is 1. The molecule has 1 aliphatic rings. The molecule has 0 bridgehead atoms. The molecule has 2 aromatic rings. The van der Waals surface area contributed by atoms with Gasteiger partial charge in [0.05, 0.1) is 0 Å². The summed E-state index contributed by atoms with van der Waals surface area (Å²) in [6, 6.07) is 10.4. The third kappa shape index (κ3) is 8.36. The predicted molar refractivity (Wildman–Crippen MR) is 139 cm³/mol. The van der Waals surface area contributed by atoms with Gasteiger partial charge in [-0.05, 0) is 70.7 Å². The summed E-state index contributed by atoms with van der Waals surface area (Å²) in [5.74, 6) is -1.56. The van der Waals surface area contributed by atoms with E-state index in [1.807, 2.05) is 38.1 Å². The lowest BCUT2D eigenvalue weighted by atomic mass is 10.0. The summed E-state index contributed by atoms with van der Waals surface area (Å²) in [4.78, 5) is 41.2. The highest BCUT2D eigenvalue weighted by Gasteiger charge is 2.36. The molecule has 11 heteroatoms. The first-order valence-electron chi connectivity index (χ1n) is 12.7. The number of alkyl halides is 3. The number of fused-ring (bicyclic) bond motifs is 1. The molecule has 212 valence electrons. The molecule has 0 saturated heterocycles. The molecule has 1 aliphatic heterocycles. The van der Waals surface area contributed by atoms with Crippen molar-refractivity contribution in [3.05, 3.63) is 59.7 Å². The summed E-state index contributed by atoms with van der Waals surface area (Å²) in [5.41, 5.74) is 0.867. The van der Waals surface area contributed by atoms with Crippen LogP contribution < -0.4 is 20.3 Å². The van der Waals surface area contributed by atoms with E-state index < -0.39 is 41.8 Å². The molecule has 3 rings (SSSR count). The van der Waals surface area contributed by atoms with Gasteiger partial charge in [-0.2, -0.15) is 0 Å². The molecule has 0 aliphatic carbocycles. The Morgan fingerprint density at radius 1 is 1.05 bits per heavy atom. The van der Waals surface area contributed by atoms with E-state index in [2.05, 4.69) is 15.4 Å². The molecule has 0 radical (unpaired) electrons. The Hall–Kier alpha value is -3.76. The van der Waals surface area contributed by atoms with Crippen molar-refractivity contribution in [3.63, 3.8) is 0 Å². The van der Waals surface area contributed by atoms with E-state index in [1.165, 1.54) is 18.2 Å². The lowest BCUT2D eigenvalue weighted by molar-refractivity contribution is -0.274. The quantitative estimate of drug-likeness (QED) is 0.513. The number of hydrogen-bond acceptors (Lipinski definition) is 5. The Balaban J connectivity index is 1.88. The van der Waals surface area contributed by atoms with Gasteiger partial charge in [0, 0.05) is 18.2 Å². The minimum Gasteiger partial charge on any atom is -0.444 e. The average Bonchev–Trinajstić information content (AvgIpc) is 2.94. The topological polar surface area (TPSA) is 97.0 Å². The number of carbonyl (C=O) groups excluding carboxylic acids is 3. The number of hydrogen-bond donors (Lipinski definition) is 2. The standard InChI is InChI=1S/C28H34F3N3O5/c1-17(2)34-22-12-8-6-10-18(22)14-15-20(25(34)36)32-24(35)21(33-26(37)39-27(3,4)5)16-19-11-7-9-13-23(19)38-28(29,30)31/h6-13,17,20-21H,14-16H2,1-5H3,(H,32,35)(H,33,37)/t20-,21+/m0/s1. The number of alkyl carbamates (subject to hydrolysis) is 1. The number of benzene rings is 2. The van der Waals surface area contributed by atoms with Crippen LogP contribution in [0.1, 0.15) is 52.2 Å². The van der Waals surface area contributed by atoms with E-state index in [4.69, 9.17) is 4.74 Å². The van der Waals surface area contributed by atoms with Gasteiger partial charge >= 0.3 is 12.5 Å². The molecule has 0 saturated carbocycles. The molecular formula is C28H34F3N3O5. The number of carbonyl (C=O) groups is 3. The van der Waals surface area contributed by atoms with Gasteiger partial charge in [0.2, 0.25) is 11.8 Å². The number of nitrogens with one attached hydrogen (secondary N) is 2. The molecule has 0 fully saturated rings.